The van der Waals surface area contributed by atoms with Gasteiger partial charge in [0.05, 0.1) is 30.9 Å². The maximum absolute atomic E-state index is 12.1. The maximum atomic E-state index is 12.1. The Morgan fingerprint density at radius 3 is 2.89 bits per heavy atom. The molecule has 11 heteroatoms. The zero-order chi connectivity index (χ0) is 19.8. The first-order valence-electron chi connectivity index (χ1n) is 8.86. The van der Waals surface area contributed by atoms with Gasteiger partial charge in [0.15, 0.2) is 10.8 Å². The molecule has 0 aliphatic heterocycles. The van der Waals surface area contributed by atoms with Crippen LogP contribution in [0.1, 0.15) is 17.4 Å². The van der Waals surface area contributed by atoms with Crippen LogP contribution >= 0.6 is 11.8 Å². The minimum Gasteiger partial charge on any atom is -0.383 e. The number of carbonyl (C=O) groups excluding carboxylic acids is 1. The van der Waals surface area contributed by atoms with Crippen molar-refractivity contribution in [1.82, 2.24) is 35.0 Å². The van der Waals surface area contributed by atoms with Crippen molar-refractivity contribution in [2.75, 3.05) is 37.9 Å². The lowest BCUT2D eigenvalue weighted by atomic mass is 10.4. The van der Waals surface area contributed by atoms with Gasteiger partial charge in [-0.1, -0.05) is 18.7 Å². The van der Waals surface area contributed by atoms with Gasteiger partial charge in [0, 0.05) is 32.6 Å². The first-order chi connectivity index (χ1) is 13.7. The summed E-state index contributed by atoms with van der Waals surface area (Å²) in [6.45, 7) is 4.12. The summed E-state index contributed by atoms with van der Waals surface area (Å²) in [4.78, 5) is 29.2. The van der Waals surface area contributed by atoms with Gasteiger partial charge in [0.25, 0.3) is 5.91 Å². The van der Waals surface area contributed by atoms with Crippen molar-refractivity contribution in [3.8, 4) is 0 Å². The number of nitrogens with one attached hydrogen (secondary N) is 2. The molecule has 0 aliphatic rings. The Hall–Kier alpha value is -2.79. The maximum Gasteiger partial charge on any atom is 0.271 e. The number of rotatable bonds is 10. The lowest BCUT2D eigenvalue weighted by molar-refractivity contribution is 0.0946. The number of aromatic nitrogens is 6. The van der Waals surface area contributed by atoms with Gasteiger partial charge in [-0.25, -0.2) is 19.6 Å². The molecule has 3 heterocycles. The highest BCUT2D eigenvalue weighted by Gasteiger charge is 2.13. The molecule has 3 aromatic heterocycles. The minimum absolute atomic E-state index is 0.275. The van der Waals surface area contributed by atoms with Crippen molar-refractivity contribution >= 4 is 34.5 Å². The Kier molecular flexibility index (Phi) is 7.09. The van der Waals surface area contributed by atoms with Gasteiger partial charge < -0.3 is 15.4 Å². The van der Waals surface area contributed by atoms with E-state index in [4.69, 9.17) is 4.74 Å². The molecular formula is C17H22N8O2S. The van der Waals surface area contributed by atoms with E-state index in [0.717, 1.165) is 22.6 Å². The Labute approximate surface area is 166 Å². The highest BCUT2D eigenvalue weighted by Crippen LogP contribution is 2.24. The lowest BCUT2D eigenvalue weighted by Gasteiger charge is -2.09. The van der Waals surface area contributed by atoms with Crippen molar-refractivity contribution in [3.63, 3.8) is 0 Å². The monoisotopic (exact) mass is 402 g/mol. The summed E-state index contributed by atoms with van der Waals surface area (Å²) in [5, 5.41) is 12.0. The van der Waals surface area contributed by atoms with E-state index in [1.807, 2.05) is 0 Å². The molecule has 0 fully saturated rings. The highest BCUT2D eigenvalue weighted by molar-refractivity contribution is 7.99. The van der Waals surface area contributed by atoms with Gasteiger partial charge in [-0.2, -0.15) is 5.10 Å². The van der Waals surface area contributed by atoms with Crippen LogP contribution in [0.4, 0.5) is 5.82 Å². The molecule has 0 bridgehead atoms. The Balaban J connectivity index is 1.73. The standard InChI is InChI=1S/C17H22N8O2S/c1-3-28-17-23-14(20-7-9-27-2)12-10-22-25(15(12)24-17)8-6-21-16(26)13-11-18-4-5-19-13/h4-5,10-11H,3,6-9H2,1-2H3,(H,21,26)(H,20,23,24). The second-order valence-electron chi connectivity index (χ2n) is 5.66. The summed E-state index contributed by atoms with van der Waals surface area (Å²) >= 11 is 1.56. The summed E-state index contributed by atoms with van der Waals surface area (Å²) in [5.74, 6) is 1.32. The summed E-state index contributed by atoms with van der Waals surface area (Å²) in [7, 11) is 1.66. The van der Waals surface area contributed by atoms with E-state index in [-0.39, 0.29) is 11.6 Å². The average molecular weight is 402 g/mol. The number of hydrogen-bond acceptors (Lipinski definition) is 9. The van der Waals surface area contributed by atoms with Crippen molar-refractivity contribution in [1.29, 1.82) is 0 Å². The molecule has 0 saturated carbocycles. The van der Waals surface area contributed by atoms with Crippen molar-refractivity contribution in [3.05, 3.63) is 30.5 Å². The second-order valence-corrected chi connectivity index (χ2v) is 6.89. The third kappa shape index (κ3) is 4.93. The molecule has 0 radical (unpaired) electrons. The molecular weight excluding hydrogens is 380 g/mol. The van der Waals surface area contributed by atoms with Gasteiger partial charge >= 0.3 is 0 Å². The minimum atomic E-state index is -0.275. The number of thioether (sulfide) groups is 1. The van der Waals surface area contributed by atoms with Crippen LogP contribution in [0.3, 0.4) is 0 Å². The van der Waals surface area contributed by atoms with Crippen LogP contribution in [-0.2, 0) is 11.3 Å². The average Bonchev–Trinajstić information content (AvgIpc) is 3.12. The van der Waals surface area contributed by atoms with E-state index >= 15 is 0 Å². The van der Waals surface area contributed by atoms with Crippen LogP contribution in [0.25, 0.3) is 11.0 Å². The number of hydrogen-bond donors (Lipinski definition) is 2. The largest absolute Gasteiger partial charge is 0.383 e. The van der Waals surface area contributed by atoms with Crippen molar-refractivity contribution in [2.24, 2.45) is 0 Å². The smallest absolute Gasteiger partial charge is 0.271 e. The number of methoxy groups -OCH3 is 1. The zero-order valence-corrected chi connectivity index (χ0v) is 16.6. The molecule has 1 amide bonds. The molecule has 28 heavy (non-hydrogen) atoms. The van der Waals surface area contributed by atoms with Gasteiger partial charge in [-0.3, -0.25) is 9.78 Å². The van der Waals surface area contributed by atoms with Gasteiger partial charge in [0.2, 0.25) is 0 Å². The van der Waals surface area contributed by atoms with Crippen LogP contribution < -0.4 is 10.6 Å². The number of nitrogens with zero attached hydrogens (tertiary/aromatic N) is 6. The Morgan fingerprint density at radius 1 is 1.25 bits per heavy atom. The van der Waals surface area contributed by atoms with Crippen LogP contribution in [0.5, 0.6) is 0 Å². The number of anilines is 1. The fraction of sp³-hybridized carbons (Fsp3) is 0.412. The predicted octanol–water partition coefficient (Wildman–Crippen LogP) is 1.22. The quantitative estimate of drug-likeness (QED) is 0.293. The van der Waals surface area contributed by atoms with Crippen LogP contribution in [-0.4, -0.2) is 68.2 Å². The number of carbonyl (C=O) groups is 1. The van der Waals surface area contributed by atoms with Crippen molar-refractivity contribution in [2.45, 2.75) is 18.6 Å². The van der Waals surface area contributed by atoms with Gasteiger partial charge in [0.1, 0.15) is 11.5 Å². The molecule has 2 N–H and O–H groups in total. The highest BCUT2D eigenvalue weighted by atomic mass is 32.2. The van der Waals surface area contributed by atoms with Crippen LogP contribution in [0.15, 0.2) is 29.9 Å². The molecule has 148 valence electrons. The summed E-state index contributed by atoms with van der Waals surface area (Å²) < 4.78 is 6.85. The lowest BCUT2D eigenvalue weighted by Crippen LogP contribution is -2.28. The summed E-state index contributed by atoms with van der Waals surface area (Å²) in [6.07, 6.45) is 6.17. The number of amides is 1. The predicted molar refractivity (Wildman–Crippen MR) is 106 cm³/mol. The topological polar surface area (TPSA) is 120 Å². The van der Waals surface area contributed by atoms with Crippen molar-refractivity contribution < 1.29 is 9.53 Å². The molecule has 0 saturated heterocycles. The van der Waals surface area contributed by atoms with Crippen LogP contribution in [0.2, 0.25) is 0 Å². The number of ether oxygens (including phenoxy) is 1. The van der Waals surface area contributed by atoms with E-state index < -0.39 is 0 Å². The third-order valence-electron chi connectivity index (χ3n) is 3.75. The first-order valence-corrected chi connectivity index (χ1v) is 9.85. The SMILES string of the molecule is CCSc1nc(NCCOC)c2cnn(CCNC(=O)c3cnccn3)c2n1. The third-order valence-corrected chi connectivity index (χ3v) is 4.48. The summed E-state index contributed by atoms with van der Waals surface area (Å²) in [5.41, 5.74) is 1.00. The summed E-state index contributed by atoms with van der Waals surface area (Å²) in [6, 6.07) is 0. The molecule has 0 unspecified atom stereocenters. The van der Waals surface area contributed by atoms with Gasteiger partial charge in [-0.05, 0) is 5.75 Å². The van der Waals surface area contributed by atoms with Crippen LogP contribution in [0, 0.1) is 0 Å². The Bertz CT molecular complexity index is 918. The molecule has 0 spiro atoms. The first kappa shape index (κ1) is 20.0. The molecule has 0 aliphatic carbocycles. The van der Waals surface area contributed by atoms with E-state index in [1.54, 1.807) is 29.8 Å². The fourth-order valence-electron chi connectivity index (χ4n) is 2.48. The fourth-order valence-corrected chi connectivity index (χ4v) is 3.05. The molecule has 3 aromatic rings. The Morgan fingerprint density at radius 2 is 2.14 bits per heavy atom. The molecule has 0 atom stereocenters. The second kappa shape index (κ2) is 9.95. The number of fused-ring (bicyclic) bond motifs is 1. The van der Waals surface area contributed by atoms with Gasteiger partial charge in [-0.15, -0.1) is 0 Å². The van der Waals surface area contributed by atoms with E-state index in [1.165, 1.54) is 18.6 Å². The molecule has 10 nitrogen and oxygen atoms in total. The zero-order valence-electron chi connectivity index (χ0n) is 15.8. The van der Waals surface area contributed by atoms with E-state index in [0.29, 0.717) is 31.4 Å². The molecule has 3 rings (SSSR count). The normalized spacial score (nSPS) is 10.9. The van der Waals surface area contributed by atoms with E-state index in [9.17, 15) is 4.79 Å². The molecule has 0 aromatic carbocycles. The van der Waals surface area contributed by atoms with E-state index in [2.05, 4.69) is 42.6 Å².